The molecule has 0 aliphatic rings. The Hall–Kier alpha value is -5.86. The Morgan fingerprint density at radius 1 is 0.333 bits per heavy atom. The summed E-state index contributed by atoms with van der Waals surface area (Å²) in [6, 6.07) is 54.7. The fraction of sp³-hybridized carbons (Fsp3) is 0.0233. The van der Waals surface area contributed by atoms with Crippen molar-refractivity contribution in [1.82, 2.24) is 9.97 Å². The van der Waals surface area contributed by atoms with E-state index in [1.807, 2.05) is 19.3 Å². The van der Waals surface area contributed by atoms with Gasteiger partial charge in [0, 0.05) is 18.0 Å². The highest BCUT2D eigenvalue weighted by molar-refractivity contribution is 6.21. The topological polar surface area (TPSA) is 25.8 Å². The minimum absolute atomic E-state index is 0.747. The zero-order valence-corrected chi connectivity index (χ0v) is 25.0. The van der Waals surface area contributed by atoms with Crippen LogP contribution < -0.4 is 0 Å². The quantitative estimate of drug-likeness (QED) is 0.191. The third-order valence-electron chi connectivity index (χ3n) is 8.62. The van der Waals surface area contributed by atoms with Gasteiger partial charge < -0.3 is 0 Å². The molecule has 0 saturated carbocycles. The first-order valence-corrected chi connectivity index (χ1v) is 15.3. The van der Waals surface area contributed by atoms with Crippen LogP contribution in [0.4, 0.5) is 0 Å². The van der Waals surface area contributed by atoms with Gasteiger partial charge in [0.1, 0.15) is 0 Å². The molecule has 0 amide bonds. The van der Waals surface area contributed by atoms with Crippen molar-refractivity contribution >= 4 is 21.5 Å². The van der Waals surface area contributed by atoms with Crippen LogP contribution in [0, 0.1) is 6.92 Å². The predicted molar refractivity (Wildman–Crippen MR) is 189 cm³/mol. The molecular weight excluding hydrogens is 544 g/mol. The third kappa shape index (κ3) is 4.97. The van der Waals surface area contributed by atoms with Gasteiger partial charge >= 0.3 is 0 Å². The standard InChI is InChI=1S/C43H30N2/c1-29-27-44-43(45-28-29)35-22-20-31(21-23-35)30-16-18-32(19-17-30)36-24-25-39-40(26-36)42(34-12-6-3-7-13-34)38-15-9-8-14-37(38)41(39)33-10-4-2-5-11-33/h2-28H,1H3. The van der Waals surface area contributed by atoms with E-state index in [0.717, 1.165) is 17.0 Å². The molecule has 1 heterocycles. The van der Waals surface area contributed by atoms with Crippen LogP contribution in [0.1, 0.15) is 5.56 Å². The Morgan fingerprint density at radius 2 is 0.733 bits per heavy atom. The van der Waals surface area contributed by atoms with Gasteiger partial charge in [-0.25, -0.2) is 9.97 Å². The number of nitrogens with zero attached hydrogens (tertiary/aromatic N) is 2. The van der Waals surface area contributed by atoms with Crippen LogP contribution in [0.15, 0.2) is 164 Å². The highest BCUT2D eigenvalue weighted by atomic mass is 14.9. The van der Waals surface area contributed by atoms with Crippen LogP contribution >= 0.6 is 0 Å². The largest absolute Gasteiger partial charge is 0.236 e. The summed E-state index contributed by atoms with van der Waals surface area (Å²) in [6.45, 7) is 2.00. The number of benzene rings is 7. The van der Waals surface area contributed by atoms with Crippen molar-refractivity contribution in [3.8, 4) is 55.9 Å². The Kier molecular flexibility index (Phi) is 6.73. The summed E-state index contributed by atoms with van der Waals surface area (Å²) in [5, 5.41) is 5.06. The van der Waals surface area contributed by atoms with E-state index in [4.69, 9.17) is 0 Å². The molecule has 0 unspecified atom stereocenters. The molecule has 0 bridgehead atoms. The molecule has 45 heavy (non-hydrogen) atoms. The summed E-state index contributed by atoms with van der Waals surface area (Å²) in [6.07, 6.45) is 3.71. The van der Waals surface area contributed by atoms with Crippen LogP contribution in [0.5, 0.6) is 0 Å². The van der Waals surface area contributed by atoms with Gasteiger partial charge in [-0.2, -0.15) is 0 Å². The first kappa shape index (κ1) is 26.7. The van der Waals surface area contributed by atoms with Crippen molar-refractivity contribution in [1.29, 1.82) is 0 Å². The average Bonchev–Trinajstić information content (AvgIpc) is 3.11. The second kappa shape index (κ2) is 11.3. The SMILES string of the molecule is Cc1cnc(-c2ccc(-c3ccc(-c4ccc5c(-c6ccccc6)c6ccccc6c(-c6ccccc6)c5c4)cc3)cc2)nc1. The van der Waals surface area contributed by atoms with Crippen LogP contribution in [0.2, 0.25) is 0 Å². The number of rotatable bonds is 5. The summed E-state index contributed by atoms with van der Waals surface area (Å²) >= 11 is 0. The Bertz CT molecular complexity index is 2270. The van der Waals surface area contributed by atoms with Crippen molar-refractivity contribution < 1.29 is 0 Å². The lowest BCUT2D eigenvalue weighted by molar-refractivity contribution is 1.14. The maximum atomic E-state index is 4.47. The predicted octanol–water partition coefficient (Wildman–Crippen LogP) is 11.4. The van der Waals surface area contributed by atoms with Gasteiger partial charge in [0.2, 0.25) is 0 Å². The Labute approximate surface area is 263 Å². The van der Waals surface area contributed by atoms with E-state index in [9.17, 15) is 0 Å². The van der Waals surface area contributed by atoms with E-state index < -0.39 is 0 Å². The van der Waals surface area contributed by atoms with Crippen molar-refractivity contribution in [3.63, 3.8) is 0 Å². The van der Waals surface area contributed by atoms with Crippen LogP contribution in [0.3, 0.4) is 0 Å². The van der Waals surface area contributed by atoms with Gasteiger partial charge in [-0.1, -0.05) is 146 Å². The fourth-order valence-corrected chi connectivity index (χ4v) is 6.40. The molecule has 0 fully saturated rings. The molecule has 0 aliphatic heterocycles. The van der Waals surface area contributed by atoms with Gasteiger partial charge in [-0.15, -0.1) is 0 Å². The summed E-state index contributed by atoms with van der Waals surface area (Å²) in [7, 11) is 0. The summed E-state index contributed by atoms with van der Waals surface area (Å²) in [5.41, 5.74) is 11.8. The lowest BCUT2D eigenvalue weighted by atomic mass is 9.85. The van der Waals surface area contributed by atoms with E-state index in [0.29, 0.717) is 0 Å². The normalized spacial score (nSPS) is 11.2. The number of hydrogen-bond acceptors (Lipinski definition) is 2. The molecule has 212 valence electrons. The second-order valence-electron chi connectivity index (χ2n) is 11.5. The molecule has 1 aromatic heterocycles. The molecule has 0 aliphatic carbocycles. The van der Waals surface area contributed by atoms with Crippen LogP contribution in [0.25, 0.3) is 77.4 Å². The minimum Gasteiger partial charge on any atom is -0.236 e. The maximum absolute atomic E-state index is 4.47. The van der Waals surface area contributed by atoms with Crippen molar-refractivity contribution in [2.24, 2.45) is 0 Å². The number of fused-ring (bicyclic) bond motifs is 2. The summed E-state index contributed by atoms with van der Waals surface area (Å²) < 4.78 is 0. The zero-order chi connectivity index (χ0) is 30.2. The van der Waals surface area contributed by atoms with E-state index in [1.165, 1.54) is 66.1 Å². The van der Waals surface area contributed by atoms with Crippen LogP contribution in [-0.2, 0) is 0 Å². The van der Waals surface area contributed by atoms with E-state index in [-0.39, 0.29) is 0 Å². The third-order valence-corrected chi connectivity index (χ3v) is 8.62. The molecule has 0 N–H and O–H groups in total. The molecule has 8 rings (SSSR count). The lowest BCUT2D eigenvalue weighted by Crippen LogP contribution is -1.91. The molecule has 2 nitrogen and oxygen atoms in total. The number of hydrogen-bond donors (Lipinski definition) is 0. The molecule has 8 aromatic rings. The molecule has 0 atom stereocenters. The van der Waals surface area contributed by atoms with Crippen molar-refractivity contribution in [3.05, 3.63) is 170 Å². The fourth-order valence-electron chi connectivity index (χ4n) is 6.40. The lowest BCUT2D eigenvalue weighted by Gasteiger charge is -2.18. The van der Waals surface area contributed by atoms with Gasteiger partial charge in [0.25, 0.3) is 0 Å². The van der Waals surface area contributed by atoms with Crippen molar-refractivity contribution in [2.45, 2.75) is 6.92 Å². The Balaban J connectivity index is 1.24. The number of aromatic nitrogens is 2. The first-order chi connectivity index (χ1) is 22.2. The minimum atomic E-state index is 0.747. The second-order valence-corrected chi connectivity index (χ2v) is 11.5. The first-order valence-electron chi connectivity index (χ1n) is 15.3. The zero-order valence-electron chi connectivity index (χ0n) is 25.0. The van der Waals surface area contributed by atoms with Gasteiger partial charge in [-0.05, 0) is 84.6 Å². The van der Waals surface area contributed by atoms with Gasteiger partial charge in [0.15, 0.2) is 5.82 Å². The number of aryl methyl sites for hydroxylation is 1. The van der Waals surface area contributed by atoms with Gasteiger partial charge in [0.05, 0.1) is 0 Å². The Morgan fingerprint density at radius 3 is 1.27 bits per heavy atom. The van der Waals surface area contributed by atoms with E-state index >= 15 is 0 Å². The van der Waals surface area contributed by atoms with Gasteiger partial charge in [-0.3, -0.25) is 0 Å². The highest BCUT2D eigenvalue weighted by Crippen LogP contribution is 2.44. The smallest absolute Gasteiger partial charge is 0.159 e. The summed E-state index contributed by atoms with van der Waals surface area (Å²) in [4.78, 5) is 8.94. The van der Waals surface area contributed by atoms with Crippen molar-refractivity contribution in [2.75, 3.05) is 0 Å². The molecular formula is C43H30N2. The molecule has 0 radical (unpaired) electrons. The highest BCUT2D eigenvalue weighted by Gasteiger charge is 2.17. The maximum Gasteiger partial charge on any atom is 0.159 e. The van der Waals surface area contributed by atoms with Crippen LogP contribution in [-0.4, -0.2) is 9.97 Å². The molecule has 2 heteroatoms. The molecule has 0 spiro atoms. The average molecular weight is 575 g/mol. The summed E-state index contributed by atoms with van der Waals surface area (Å²) in [5.74, 6) is 0.747. The molecule has 7 aromatic carbocycles. The molecule has 0 saturated heterocycles. The van der Waals surface area contributed by atoms with E-state index in [1.54, 1.807) is 0 Å². The van der Waals surface area contributed by atoms with E-state index in [2.05, 4.69) is 162 Å². The monoisotopic (exact) mass is 574 g/mol.